The maximum absolute atomic E-state index is 5.93. The summed E-state index contributed by atoms with van der Waals surface area (Å²) in [4.78, 5) is 9.45. The van der Waals surface area contributed by atoms with Gasteiger partial charge in [-0.25, -0.2) is 0 Å². The molecule has 1 unspecified atom stereocenters. The number of likely N-dealkylation sites (N-methyl/N-ethyl adjacent to an activating group) is 1. The van der Waals surface area contributed by atoms with Gasteiger partial charge in [0.05, 0.1) is 12.3 Å². The van der Waals surface area contributed by atoms with Crippen LogP contribution in [0.25, 0.3) is 0 Å². The molecule has 1 aromatic rings. The molecule has 5 heteroatoms. The molecule has 5 nitrogen and oxygen atoms in total. The summed E-state index contributed by atoms with van der Waals surface area (Å²) >= 11 is 0. The highest BCUT2D eigenvalue weighted by Gasteiger charge is 2.27. The third-order valence-corrected chi connectivity index (χ3v) is 4.13. The number of hydrogen-bond donors (Lipinski definition) is 1. The van der Waals surface area contributed by atoms with Crippen molar-refractivity contribution in [3.8, 4) is 5.88 Å². The van der Waals surface area contributed by atoms with Gasteiger partial charge in [-0.05, 0) is 38.1 Å². The van der Waals surface area contributed by atoms with Crippen LogP contribution in [-0.4, -0.2) is 48.7 Å². The summed E-state index contributed by atoms with van der Waals surface area (Å²) in [6.07, 6.45) is 2.15. The highest BCUT2D eigenvalue weighted by molar-refractivity contribution is 5.55. The van der Waals surface area contributed by atoms with Crippen molar-refractivity contribution in [1.82, 2.24) is 9.88 Å². The minimum absolute atomic E-state index is 0.570. The van der Waals surface area contributed by atoms with Gasteiger partial charge in [-0.3, -0.25) is 4.90 Å². The third-order valence-electron chi connectivity index (χ3n) is 4.13. The van der Waals surface area contributed by atoms with E-state index < -0.39 is 0 Å². The summed E-state index contributed by atoms with van der Waals surface area (Å²) in [5, 5.41) is 0. The largest absolute Gasteiger partial charge is 0.476 e. The Balaban J connectivity index is 2.05. The van der Waals surface area contributed by atoms with Crippen molar-refractivity contribution in [2.75, 3.05) is 43.4 Å². The number of nitrogens with two attached hydrogens (primary N) is 1. The Labute approximate surface area is 128 Å². The van der Waals surface area contributed by atoms with Crippen LogP contribution in [0.4, 0.5) is 11.5 Å². The molecule has 2 rings (SSSR count). The molecule has 118 valence electrons. The first-order valence-corrected chi connectivity index (χ1v) is 8.07. The molecule has 1 aliphatic rings. The first kappa shape index (κ1) is 15.9. The number of aromatic nitrogens is 1. The molecule has 2 heterocycles. The smallest absolute Gasteiger partial charge is 0.239 e. The molecular formula is C16H28N4O. The Kier molecular flexibility index (Phi) is 5.67. The van der Waals surface area contributed by atoms with E-state index in [-0.39, 0.29) is 0 Å². The molecule has 0 spiro atoms. The molecule has 0 saturated carbocycles. The number of hydrogen-bond acceptors (Lipinski definition) is 5. The minimum Gasteiger partial charge on any atom is -0.476 e. The summed E-state index contributed by atoms with van der Waals surface area (Å²) in [6.45, 7) is 11.5. The molecule has 1 fully saturated rings. The Morgan fingerprint density at radius 2 is 2.10 bits per heavy atom. The zero-order chi connectivity index (χ0) is 15.2. The van der Waals surface area contributed by atoms with Crippen LogP contribution in [-0.2, 0) is 0 Å². The SMILES string of the molecule is CCCOc1nc(N2CCC(N(CC)CC)C2)ccc1N. The maximum Gasteiger partial charge on any atom is 0.239 e. The van der Waals surface area contributed by atoms with Crippen LogP contribution in [0.2, 0.25) is 0 Å². The standard InChI is InChI=1S/C16H28N4O/c1-4-11-21-16-14(17)7-8-15(18-16)20-10-9-13(12-20)19(5-2)6-3/h7-8,13H,4-6,9-12,17H2,1-3H3. The third kappa shape index (κ3) is 3.79. The minimum atomic E-state index is 0.570. The van der Waals surface area contributed by atoms with E-state index >= 15 is 0 Å². The lowest BCUT2D eigenvalue weighted by Crippen LogP contribution is -2.37. The predicted octanol–water partition coefficient (Wildman–Crippen LogP) is 2.37. The average molecular weight is 292 g/mol. The summed E-state index contributed by atoms with van der Waals surface area (Å²) in [5.74, 6) is 1.55. The van der Waals surface area contributed by atoms with Crippen molar-refractivity contribution >= 4 is 11.5 Å². The van der Waals surface area contributed by atoms with Crippen LogP contribution in [0.5, 0.6) is 5.88 Å². The van der Waals surface area contributed by atoms with Crippen molar-refractivity contribution in [2.45, 2.75) is 39.7 Å². The van der Waals surface area contributed by atoms with E-state index in [0.717, 1.165) is 38.4 Å². The number of anilines is 2. The highest BCUT2D eigenvalue weighted by Crippen LogP contribution is 2.26. The molecule has 2 N–H and O–H groups in total. The number of nitrogen functional groups attached to an aromatic ring is 1. The van der Waals surface area contributed by atoms with E-state index in [1.54, 1.807) is 0 Å². The van der Waals surface area contributed by atoms with E-state index in [2.05, 4.69) is 35.6 Å². The topological polar surface area (TPSA) is 54.6 Å². The van der Waals surface area contributed by atoms with Crippen LogP contribution in [0, 0.1) is 0 Å². The van der Waals surface area contributed by atoms with Gasteiger partial charge in [0.25, 0.3) is 0 Å². The molecule has 1 atom stereocenters. The van der Waals surface area contributed by atoms with Gasteiger partial charge in [-0.1, -0.05) is 20.8 Å². The molecule has 0 aromatic carbocycles. The summed E-state index contributed by atoms with van der Waals surface area (Å²) in [6, 6.07) is 4.52. The molecule has 1 aliphatic heterocycles. The Hall–Kier alpha value is -1.49. The first-order chi connectivity index (χ1) is 10.2. The number of pyridine rings is 1. The molecule has 1 saturated heterocycles. The average Bonchev–Trinajstić information content (AvgIpc) is 2.97. The lowest BCUT2D eigenvalue weighted by molar-refractivity contribution is 0.232. The van der Waals surface area contributed by atoms with Crippen LogP contribution in [0.15, 0.2) is 12.1 Å². The molecule has 0 bridgehead atoms. The van der Waals surface area contributed by atoms with Crippen molar-refractivity contribution in [1.29, 1.82) is 0 Å². The summed E-state index contributed by atoms with van der Waals surface area (Å²) in [7, 11) is 0. The first-order valence-electron chi connectivity index (χ1n) is 8.07. The Morgan fingerprint density at radius 1 is 1.33 bits per heavy atom. The van der Waals surface area contributed by atoms with Gasteiger partial charge in [0.15, 0.2) is 0 Å². The maximum atomic E-state index is 5.93. The summed E-state index contributed by atoms with van der Waals surface area (Å²) < 4.78 is 5.63. The fourth-order valence-electron chi connectivity index (χ4n) is 2.92. The summed E-state index contributed by atoms with van der Waals surface area (Å²) in [5.41, 5.74) is 6.55. The normalized spacial score (nSPS) is 18.5. The number of nitrogens with zero attached hydrogens (tertiary/aromatic N) is 3. The fraction of sp³-hybridized carbons (Fsp3) is 0.688. The van der Waals surface area contributed by atoms with Crippen LogP contribution < -0.4 is 15.4 Å². The molecule has 0 aliphatic carbocycles. The molecular weight excluding hydrogens is 264 g/mol. The van der Waals surface area contributed by atoms with E-state index in [0.29, 0.717) is 24.2 Å². The van der Waals surface area contributed by atoms with E-state index in [1.807, 2.05) is 12.1 Å². The molecule has 1 aromatic heterocycles. The Morgan fingerprint density at radius 3 is 2.76 bits per heavy atom. The Bertz CT molecular complexity index is 448. The number of ether oxygens (including phenoxy) is 1. The monoisotopic (exact) mass is 292 g/mol. The van der Waals surface area contributed by atoms with Gasteiger partial charge in [0.2, 0.25) is 5.88 Å². The molecule has 0 radical (unpaired) electrons. The van der Waals surface area contributed by atoms with Crippen LogP contribution in [0.3, 0.4) is 0 Å². The van der Waals surface area contributed by atoms with Crippen molar-refractivity contribution in [2.24, 2.45) is 0 Å². The van der Waals surface area contributed by atoms with Gasteiger partial charge in [0.1, 0.15) is 5.82 Å². The van der Waals surface area contributed by atoms with Crippen LogP contribution in [0.1, 0.15) is 33.6 Å². The van der Waals surface area contributed by atoms with Crippen molar-refractivity contribution in [3.63, 3.8) is 0 Å². The highest BCUT2D eigenvalue weighted by atomic mass is 16.5. The van der Waals surface area contributed by atoms with Gasteiger partial charge >= 0.3 is 0 Å². The zero-order valence-electron chi connectivity index (χ0n) is 13.5. The lowest BCUT2D eigenvalue weighted by Gasteiger charge is -2.26. The molecule has 21 heavy (non-hydrogen) atoms. The van der Waals surface area contributed by atoms with Gasteiger partial charge in [-0.2, -0.15) is 4.98 Å². The van der Waals surface area contributed by atoms with Gasteiger partial charge in [-0.15, -0.1) is 0 Å². The van der Waals surface area contributed by atoms with Crippen molar-refractivity contribution < 1.29 is 4.74 Å². The predicted molar refractivity (Wildman–Crippen MR) is 88.0 cm³/mol. The van der Waals surface area contributed by atoms with Crippen LogP contribution >= 0.6 is 0 Å². The van der Waals surface area contributed by atoms with Gasteiger partial charge < -0.3 is 15.4 Å². The number of rotatable bonds is 7. The van der Waals surface area contributed by atoms with E-state index in [1.165, 1.54) is 6.42 Å². The second kappa shape index (κ2) is 7.50. The van der Waals surface area contributed by atoms with Crippen molar-refractivity contribution in [3.05, 3.63) is 12.1 Å². The second-order valence-electron chi connectivity index (χ2n) is 5.52. The zero-order valence-corrected chi connectivity index (χ0v) is 13.5. The van der Waals surface area contributed by atoms with E-state index in [9.17, 15) is 0 Å². The van der Waals surface area contributed by atoms with Gasteiger partial charge in [0, 0.05) is 19.1 Å². The molecule has 0 amide bonds. The quantitative estimate of drug-likeness (QED) is 0.836. The fourth-order valence-corrected chi connectivity index (χ4v) is 2.92. The van der Waals surface area contributed by atoms with E-state index in [4.69, 9.17) is 10.5 Å². The second-order valence-corrected chi connectivity index (χ2v) is 5.52. The lowest BCUT2D eigenvalue weighted by atomic mass is 10.2.